The number of nitrogens with one attached hydrogen (secondary N) is 2. The number of nitrogens with zero attached hydrogens (tertiary/aromatic N) is 1. The molecule has 1 saturated heterocycles. The number of benzene rings is 1. The summed E-state index contributed by atoms with van der Waals surface area (Å²) < 4.78 is 5.35. The van der Waals surface area contributed by atoms with Gasteiger partial charge in [0.05, 0.1) is 19.0 Å². The van der Waals surface area contributed by atoms with Gasteiger partial charge in [0.25, 0.3) is 0 Å². The molecule has 0 aliphatic carbocycles. The van der Waals surface area contributed by atoms with Gasteiger partial charge in [-0.15, -0.1) is 0 Å². The molecule has 0 bridgehead atoms. The number of rotatable bonds is 3. The van der Waals surface area contributed by atoms with Crippen LogP contribution in [0.3, 0.4) is 0 Å². The van der Waals surface area contributed by atoms with Crippen molar-refractivity contribution in [2.75, 3.05) is 20.2 Å². The van der Waals surface area contributed by atoms with Gasteiger partial charge in [-0.3, -0.25) is 0 Å². The van der Waals surface area contributed by atoms with E-state index in [1.807, 2.05) is 12.3 Å². The fourth-order valence-corrected chi connectivity index (χ4v) is 2.47. The number of hydrogen-bond donors (Lipinski definition) is 2. The normalized spacial score (nSPS) is 15.3. The van der Waals surface area contributed by atoms with Crippen molar-refractivity contribution >= 4 is 0 Å². The van der Waals surface area contributed by atoms with Gasteiger partial charge in [-0.2, -0.15) is 0 Å². The predicted molar refractivity (Wildman–Crippen MR) is 75.7 cm³/mol. The highest BCUT2D eigenvalue weighted by Gasteiger charge is 2.22. The van der Waals surface area contributed by atoms with Crippen LogP contribution < -0.4 is 10.1 Å². The maximum atomic E-state index is 5.35. The quantitative estimate of drug-likeness (QED) is 0.887. The SMILES string of the molecule is COc1ccc(-c2cnc(C3CNC3)[nH]2)c(C)c1C. The predicted octanol–water partition coefficient (Wildman–Crippen LogP) is 2.39. The number of methoxy groups -OCH3 is 1. The van der Waals surface area contributed by atoms with E-state index in [0.29, 0.717) is 5.92 Å². The summed E-state index contributed by atoms with van der Waals surface area (Å²) in [4.78, 5) is 7.95. The third kappa shape index (κ3) is 2.02. The summed E-state index contributed by atoms with van der Waals surface area (Å²) in [6, 6.07) is 4.11. The minimum absolute atomic E-state index is 0.536. The molecular weight excluding hydrogens is 238 g/mol. The summed E-state index contributed by atoms with van der Waals surface area (Å²) in [5.74, 6) is 2.55. The Morgan fingerprint density at radius 2 is 2.00 bits per heavy atom. The van der Waals surface area contributed by atoms with Gasteiger partial charge >= 0.3 is 0 Å². The molecule has 0 radical (unpaired) electrons. The highest BCUT2D eigenvalue weighted by Crippen LogP contribution is 2.31. The molecule has 2 heterocycles. The van der Waals surface area contributed by atoms with Gasteiger partial charge in [-0.1, -0.05) is 0 Å². The van der Waals surface area contributed by atoms with Crippen molar-refractivity contribution < 1.29 is 4.74 Å². The topological polar surface area (TPSA) is 49.9 Å². The molecule has 1 aromatic carbocycles. The van der Waals surface area contributed by atoms with E-state index in [1.54, 1.807) is 7.11 Å². The zero-order valence-corrected chi connectivity index (χ0v) is 11.6. The Labute approximate surface area is 113 Å². The van der Waals surface area contributed by atoms with Crippen LogP contribution in [0, 0.1) is 13.8 Å². The largest absolute Gasteiger partial charge is 0.496 e. The van der Waals surface area contributed by atoms with Crippen LogP contribution in [0.1, 0.15) is 22.9 Å². The third-order valence-electron chi connectivity index (χ3n) is 4.01. The Hall–Kier alpha value is -1.81. The standard InChI is InChI=1S/C15H19N3O/c1-9-10(2)14(19-3)5-4-12(9)13-8-17-15(18-13)11-6-16-7-11/h4-5,8,11,16H,6-7H2,1-3H3,(H,17,18). The molecular formula is C15H19N3O. The number of aromatic nitrogens is 2. The first-order valence-corrected chi connectivity index (χ1v) is 6.61. The molecule has 0 spiro atoms. The molecule has 0 saturated carbocycles. The molecule has 1 aliphatic heterocycles. The van der Waals surface area contributed by atoms with E-state index < -0.39 is 0 Å². The van der Waals surface area contributed by atoms with Crippen molar-refractivity contribution in [2.24, 2.45) is 0 Å². The first-order chi connectivity index (χ1) is 9.20. The van der Waals surface area contributed by atoms with Crippen LogP contribution in [0.4, 0.5) is 0 Å². The van der Waals surface area contributed by atoms with Crippen LogP contribution in [0.5, 0.6) is 5.75 Å². The maximum Gasteiger partial charge on any atom is 0.122 e. The summed E-state index contributed by atoms with van der Waals surface area (Å²) in [5.41, 5.74) is 4.71. The van der Waals surface area contributed by atoms with Gasteiger partial charge < -0.3 is 15.0 Å². The van der Waals surface area contributed by atoms with Crippen molar-refractivity contribution in [1.82, 2.24) is 15.3 Å². The van der Waals surface area contributed by atoms with Crippen LogP contribution in [-0.4, -0.2) is 30.2 Å². The molecule has 0 amide bonds. The number of hydrogen-bond acceptors (Lipinski definition) is 3. The molecule has 0 unspecified atom stereocenters. The summed E-state index contributed by atoms with van der Waals surface area (Å²) in [6.45, 7) is 6.25. The lowest BCUT2D eigenvalue weighted by Crippen LogP contribution is -2.40. The van der Waals surface area contributed by atoms with Crippen LogP contribution in [0.2, 0.25) is 0 Å². The van der Waals surface area contributed by atoms with E-state index in [9.17, 15) is 0 Å². The molecule has 0 atom stereocenters. The summed E-state index contributed by atoms with van der Waals surface area (Å²) in [5, 5.41) is 3.27. The summed E-state index contributed by atoms with van der Waals surface area (Å²) in [7, 11) is 1.71. The van der Waals surface area contributed by atoms with E-state index in [-0.39, 0.29) is 0 Å². The van der Waals surface area contributed by atoms with Gasteiger partial charge in [-0.25, -0.2) is 4.98 Å². The molecule has 1 fully saturated rings. The molecule has 4 nitrogen and oxygen atoms in total. The molecule has 1 aliphatic rings. The van der Waals surface area contributed by atoms with Gasteiger partial charge in [0.2, 0.25) is 0 Å². The van der Waals surface area contributed by atoms with E-state index >= 15 is 0 Å². The Balaban J connectivity index is 1.97. The maximum absolute atomic E-state index is 5.35. The highest BCUT2D eigenvalue weighted by molar-refractivity contribution is 5.66. The monoisotopic (exact) mass is 257 g/mol. The van der Waals surface area contributed by atoms with E-state index in [4.69, 9.17) is 4.74 Å². The molecule has 2 N–H and O–H groups in total. The van der Waals surface area contributed by atoms with Gasteiger partial charge in [-0.05, 0) is 37.1 Å². The molecule has 1 aromatic heterocycles. The first-order valence-electron chi connectivity index (χ1n) is 6.61. The molecule has 2 aromatic rings. The van der Waals surface area contributed by atoms with Crippen LogP contribution >= 0.6 is 0 Å². The molecule has 100 valence electrons. The Morgan fingerprint density at radius 1 is 1.21 bits per heavy atom. The van der Waals surface area contributed by atoms with E-state index in [1.165, 1.54) is 16.7 Å². The molecule has 4 heteroatoms. The Bertz CT molecular complexity index is 599. The fourth-order valence-electron chi connectivity index (χ4n) is 2.47. The summed E-state index contributed by atoms with van der Waals surface area (Å²) >= 11 is 0. The smallest absolute Gasteiger partial charge is 0.122 e. The van der Waals surface area contributed by atoms with Gasteiger partial charge in [0.1, 0.15) is 11.6 Å². The highest BCUT2D eigenvalue weighted by atomic mass is 16.5. The average molecular weight is 257 g/mol. The lowest BCUT2D eigenvalue weighted by atomic mass is 10.0. The van der Waals surface area contributed by atoms with Crippen molar-refractivity contribution in [3.63, 3.8) is 0 Å². The first kappa shape index (κ1) is 12.2. The van der Waals surface area contributed by atoms with Crippen molar-refractivity contribution in [1.29, 1.82) is 0 Å². The zero-order chi connectivity index (χ0) is 13.4. The number of H-pyrrole nitrogens is 1. The van der Waals surface area contributed by atoms with E-state index in [2.05, 4.69) is 35.2 Å². The van der Waals surface area contributed by atoms with Crippen molar-refractivity contribution in [3.05, 3.63) is 35.3 Å². The van der Waals surface area contributed by atoms with Crippen LogP contribution in [-0.2, 0) is 0 Å². The second kappa shape index (κ2) is 4.70. The minimum atomic E-state index is 0.536. The zero-order valence-electron chi connectivity index (χ0n) is 11.6. The Morgan fingerprint density at radius 3 is 2.63 bits per heavy atom. The minimum Gasteiger partial charge on any atom is -0.496 e. The number of aromatic amines is 1. The summed E-state index contributed by atoms with van der Waals surface area (Å²) in [6.07, 6.45) is 1.93. The third-order valence-corrected chi connectivity index (χ3v) is 4.01. The molecule has 19 heavy (non-hydrogen) atoms. The molecule has 3 rings (SSSR count). The number of imidazole rings is 1. The van der Waals surface area contributed by atoms with Gasteiger partial charge in [0, 0.05) is 24.6 Å². The second-order valence-electron chi connectivity index (χ2n) is 5.10. The van der Waals surface area contributed by atoms with Crippen LogP contribution in [0.15, 0.2) is 18.3 Å². The average Bonchev–Trinajstić information content (AvgIpc) is 2.79. The van der Waals surface area contributed by atoms with Crippen LogP contribution in [0.25, 0.3) is 11.3 Å². The second-order valence-corrected chi connectivity index (χ2v) is 5.10. The van der Waals surface area contributed by atoms with E-state index in [0.717, 1.165) is 30.4 Å². The van der Waals surface area contributed by atoms with Gasteiger partial charge in [0.15, 0.2) is 0 Å². The lowest BCUT2D eigenvalue weighted by molar-refractivity contribution is 0.411. The van der Waals surface area contributed by atoms with Crippen molar-refractivity contribution in [3.8, 4) is 17.0 Å². The number of ether oxygens (including phenoxy) is 1. The van der Waals surface area contributed by atoms with Crippen molar-refractivity contribution in [2.45, 2.75) is 19.8 Å². The fraction of sp³-hybridized carbons (Fsp3) is 0.400. The Kier molecular flexibility index (Phi) is 3.03. The lowest BCUT2D eigenvalue weighted by Gasteiger charge is -2.24.